The molecule has 3 aromatic heterocycles. The van der Waals surface area contributed by atoms with Crippen LogP contribution in [0.1, 0.15) is 10.4 Å². The largest absolute Gasteiger partial charge is 0.477 e. The number of hydrogen-bond acceptors (Lipinski definition) is 5. The molecule has 0 saturated heterocycles. The molecule has 0 aromatic carbocycles. The molecule has 104 valence electrons. The van der Waals surface area contributed by atoms with Gasteiger partial charge >= 0.3 is 5.97 Å². The number of hydrogen-bond donors (Lipinski definition) is 1. The Bertz CT molecular complexity index is 903. The van der Waals surface area contributed by atoms with Crippen LogP contribution in [0.15, 0.2) is 41.7 Å². The summed E-state index contributed by atoms with van der Waals surface area (Å²) in [5.74, 6) is -0.821. The lowest BCUT2D eigenvalue weighted by Crippen LogP contribution is -2.18. The van der Waals surface area contributed by atoms with Crippen molar-refractivity contribution >= 4 is 17.0 Å². The van der Waals surface area contributed by atoms with Crippen molar-refractivity contribution in [3.8, 4) is 11.4 Å². The number of carboxylic acid groups (broad SMARTS) is 1. The van der Waals surface area contributed by atoms with Crippen LogP contribution in [-0.4, -0.2) is 30.6 Å². The standard InChI is InChI=1S/C14H10N4O3/c1-18-7-10(14(20)21)11(19)9-6-16-12(17-13(9)18)8-2-4-15-5-3-8/h2-7H,1H3,(H,20,21). The lowest BCUT2D eigenvalue weighted by atomic mass is 10.2. The van der Waals surface area contributed by atoms with Gasteiger partial charge in [-0.2, -0.15) is 0 Å². The molecule has 7 heteroatoms. The number of carbonyl (C=O) groups is 1. The van der Waals surface area contributed by atoms with Crippen LogP contribution in [0.3, 0.4) is 0 Å². The second-order valence-corrected chi connectivity index (χ2v) is 4.45. The number of pyridine rings is 2. The number of aromatic carboxylic acids is 1. The molecule has 3 heterocycles. The Morgan fingerprint density at radius 2 is 2.00 bits per heavy atom. The summed E-state index contributed by atoms with van der Waals surface area (Å²) in [6, 6.07) is 3.51. The highest BCUT2D eigenvalue weighted by Crippen LogP contribution is 2.16. The van der Waals surface area contributed by atoms with Gasteiger partial charge in [0.15, 0.2) is 5.82 Å². The molecule has 0 radical (unpaired) electrons. The summed E-state index contributed by atoms with van der Waals surface area (Å²) in [6.45, 7) is 0. The minimum atomic E-state index is -1.27. The van der Waals surface area contributed by atoms with Gasteiger partial charge in [-0.15, -0.1) is 0 Å². The molecular formula is C14H10N4O3. The van der Waals surface area contributed by atoms with Crippen molar-refractivity contribution in [3.05, 3.63) is 52.7 Å². The van der Waals surface area contributed by atoms with Crippen LogP contribution in [0.2, 0.25) is 0 Å². The molecule has 0 aliphatic carbocycles. The van der Waals surface area contributed by atoms with Gasteiger partial charge in [0.1, 0.15) is 11.2 Å². The van der Waals surface area contributed by atoms with E-state index in [1.807, 2.05) is 0 Å². The zero-order chi connectivity index (χ0) is 15.0. The van der Waals surface area contributed by atoms with Gasteiger partial charge < -0.3 is 9.67 Å². The smallest absolute Gasteiger partial charge is 0.341 e. The van der Waals surface area contributed by atoms with Gasteiger partial charge in [0.25, 0.3) is 0 Å². The first-order chi connectivity index (χ1) is 10.1. The Morgan fingerprint density at radius 3 is 2.67 bits per heavy atom. The van der Waals surface area contributed by atoms with Gasteiger partial charge in [-0.3, -0.25) is 9.78 Å². The van der Waals surface area contributed by atoms with E-state index in [0.717, 1.165) is 5.56 Å². The SMILES string of the molecule is Cn1cc(C(=O)O)c(=O)c2cnc(-c3ccncc3)nc21. The summed E-state index contributed by atoms with van der Waals surface area (Å²) in [6.07, 6.45) is 5.86. The molecule has 0 atom stereocenters. The molecule has 0 bridgehead atoms. The molecule has 0 aliphatic rings. The van der Waals surface area contributed by atoms with Crippen LogP contribution in [0.4, 0.5) is 0 Å². The van der Waals surface area contributed by atoms with E-state index in [9.17, 15) is 9.59 Å². The molecule has 3 aromatic rings. The number of fused-ring (bicyclic) bond motifs is 1. The van der Waals surface area contributed by atoms with Gasteiger partial charge in [-0.25, -0.2) is 14.8 Å². The normalized spacial score (nSPS) is 10.7. The summed E-state index contributed by atoms with van der Waals surface area (Å²) in [5.41, 5.74) is 0.260. The molecule has 3 rings (SSSR count). The maximum Gasteiger partial charge on any atom is 0.341 e. The molecule has 0 saturated carbocycles. The van der Waals surface area contributed by atoms with E-state index in [2.05, 4.69) is 15.0 Å². The summed E-state index contributed by atoms with van der Waals surface area (Å²) >= 11 is 0. The zero-order valence-corrected chi connectivity index (χ0v) is 11.0. The molecule has 0 aliphatic heterocycles. The van der Waals surface area contributed by atoms with Gasteiger partial charge in [-0.05, 0) is 12.1 Å². The summed E-state index contributed by atoms with van der Waals surface area (Å²) in [7, 11) is 1.64. The van der Waals surface area contributed by atoms with E-state index in [1.54, 1.807) is 31.6 Å². The van der Waals surface area contributed by atoms with Crippen LogP contribution < -0.4 is 5.43 Å². The van der Waals surface area contributed by atoms with Crippen molar-refractivity contribution < 1.29 is 9.90 Å². The van der Waals surface area contributed by atoms with E-state index in [0.29, 0.717) is 11.5 Å². The van der Waals surface area contributed by atoms with E-state index >= 15 is 0 Å². The van der Waals surface area contributed by atoms with Crippen molar-refractivity contribution in [1.29, 1.82) is 0 Å². The zero-order valence-electron chi connectivity index (χ0n) is 11.0. The predicted molar refractivity (Wildman–Crippen MR) is 75.0 cm³/mol. The Kier molecular flexibility index (Phi) is 2.94. The van der Waals surface area contributed by atoms with Crippen LogP contribution in [0, 0.1) is 0 Å². The van der Waals surface area contributed by atoms with E-state index < -0.39 is 11.4 Å². The summed E-state index contributed by atoms with van der Waals surface area (Å²) in [4.78, 5) is 35.5. The molecule has 7 nitrogen and oxygen atoms in total. The lowest BCUT2D eigenvalue weighted by molar-refractivity contribution is 0.0695. The maximum absolute atomic E-state index is 12.1. The Hall–Kier alpha value is -3.09. The molecule has 0 fully saturated rings. The van der Waals surface area contributed by atoms with Gasteiger partial charge in [0.2, 0.25) is 5.43 Å². The van der Waals surface area contributed by atoms with Gasteiger partial charge in [-0.1, -0.05) is 0 Å². The van der Waals surface area contributed by atoms with Crippen molar-refractivity contribution in [2.45, 2.75) is 0 Å². The predicted octanol–water partition coefficient (Wildman–Crippen LogP) is 1.09. The number of aromatic nitrogens is 4. The van der Waals surface area contributed by atoms with Crippen LogP contribution in [0.25, 0.3) is 22.4 Å². The maximum atomic E-state index is 12.1. The molecule has 0 spiro atoms. The summed E-state index contributed by atoms with van der Waals surface area (Å²) in [5, 5.41) is 9.20. The minimum absolute atomic E-state index is 0.176. The highest BCUT2D eigenvalue weighted by Gasteiger charge is 2.15. The minimum Gasteiger partial charge on any atom is -0.477 e. The Morgan fingerprint density at radius 1 is 1.29 bits per heavy atom. The third kappa shape index (κ3) is 2.14. The highest BCUT2D eigenvalue weighted by atomic mass is 16.4. The fraction of sp³-hybridized carbons (Fsp3) is 0.0714. The number of carboxylic acids is 1. The second kappa shape index (κ2) is 4.78. The van der Waals surface area contributed by atoms with Crippen molar-refractivity contribution in [3.63, 3.8) is 0 Å². The number of aryl methyl sites for hydroxylation is 1. The first kappa shape index (κ1) is 12.9. The molecular weight excluding hydrogens is 272 g/mol. The third-order valence-corrected chi connectivity index (χ3v) is 3.08. The number of nitrogens with zero attached hydrogens (tertiary/aromatic N) is 4. The van der Waals surface area contributed by atoms with Crippen LogP contribution >= 0.6 is 0 Å². The third-order valence-electron chi connectivity index (χ3n) is 3.08. The first-order valence-corrected chi connectivity index (χ1v) is 6.08. The molecule has 0 amide bonds. The summed E-state index contributed by atoms with van der Waals surface area (Å²) < 4.78 is 1.51. The van der Waals surface area contributed by atoms with Crippen molar-refractivity contribution in [1.82, 2.24) is 19.5 Å². The highest BCUT2D eigenvalue weighted by molar-refractivity contribution is 5.91. The lowest BCUT2D eigenvalue weighted by Gasteiger charge is -2.07. The fourth-order valence-electron chi connectivity index (χ4n) is 2.05. The van der Waals surface area contributed by atoms with Crippen molar-refractivity contribution in [2.75, 3.05) is 0 Å². The monoisotopic (exact) mass is 282 g/mol. The van der Waals surface area contributed by atoms with Crippen LogP contribution in [-0.2, 0) is 7.05 Å². The fourth-order valence-corrected chi connectivity index (χ4v) is 2.05. The Balaban J connectivity index is 2.29. The Labute approximate surface area is 118 Å². The first-order valence-electron chi connectivity index (χ1n) is 6.08. The van der Waals surface area contributed by atoms with E-state index in [1.165, 1.54) is 17.0 Å². The average molecular weight is 282 g/mol. The van der Waals surface area contributed by atoms with E-state index in [4.69, 9.17) is 5.11 Å². The van der Waals surface area contributed by atoms with Gasteiger partial charge in [0.05, 0.1) is 5.39 Å². The second-order valence-electron chi connectivity index (χ2n) is 4.45. The van der Waals surface area contributed by atoms with Gasteiger partial charge in [0, 0.05) is 37.4 Å². The molecule has 21 heavy (non-hydrogen) atoms. The molecule has 1 N–H and O–H groups in total. The molecule has 0 unspecified atom stereocenters. The average Bonchev–Trinajstić information content (AvgIpc) is 2.51. The quantitative estimate of drug-likeness (QED) is 0.755. The van der Waals surface area contributed by atoms with Crippen LogP contribution in [0.5, 0.6) is 0 Å². The van der Waals surface area contributed by atoms with Crippen molar-refractivity contribution in [2.24, 2.45) is 7.05 Å². The topological polar surface area (TPSA) is 98.0 Å². The van der Waals surface area contributed by atoms with E-state index in [-0.39, 0.29) is 10.9 Å². The number of rotatable bonds is 2.